The minimum absolute atomic E-state index is 0.283. The first-order valence-corrected chi connectivity index (χ1v) is 3.03. The number of hydrogen-bond acceptors (Lipinski definition) is 2. The fourth-order valence-corrected chi connectivity index (χ4v) is 0.815. The van der Waals surface area contributed by atoms with E-state index in [1.807, 2.05) is 0 Å². The molecule has 0 fully saturated rings. The van der Waals surface area contributed by atoms with Gasteiger partial charge in [-0.3, -0.25) is 5.73 Å². The number of halogens is 1. The van der Waals surface area contributed by atoms with Crippen molar-refractivity contribution in [2.24, 2.45) is 5.73 Å². The smallest absolute Gasteiger partial charge is 0.167 e. The second kappa shape index (κ2) is 2.33. The van der Waals surface area contributed by atoms with Gasteiger partial charge in [0.05, 0.1) is 6.26 Å². The first-order valence-electron chi connectivity index (χ1n) is 2.24. The molecule has 1 aliphatic heterocycles. The summed E-state index contributed by atoms with van der Waals surface area (Å²) < 4.78 is 5.81. The summed E-state index contributed by atoms with van der Waals surface area (Å²) in [5.74, 6) is 0. The molecule has 0 saturated heterocycles. The Balaban J connectivity index is 2.63. The van der Waals surface area contributed by atoms with Crippen LogP contribution in [0.25, 0.3) is 0 Å². The van der Waals surface area contributed by atoms with Crippen LogP contribution in [0.3, 0.4) is 0 Å². The molecule has 3 heteroatoms. The molecule has 0 bridgehead atoms. The van der Waals surface area contributed by atoms with Gasteiger partial charge >= 0.3 is 0 Å². The molecule has 1 rings (SSSR count). The van der Waals surface area contributed by atoms with Crippen LogP contribution >= 0.6 is 15.9 Å². The van der Waals surface area contributed by atoms with E-state index in [9.17, 15) is 0 Å². The first-order chi connectivity index (χ1) is 3.79. The molecule has 0 radical (unpaired) electrons. The van der Waals surface area contributed by atoms with Gasteiger partial charge < -0.3 is 4.74 Å². The molecule has 0 amide bonds. The molecule has 1 heterocycles. The van der Waals surface area contributed by atoms with E-state index in [0.717, 1.165) is 4.48 Å². The summed E-state index contributed by atoms with van der Waals surface area (Å²) in [5, 5.41) is 0. The van der Waals surface area contributed by atoms with Gasteiger partial charge in [0.2, 0.25) is 0 Å². The average molecular weight is 176 g/mol. The first kappa shape index (κ1) is 5.85. The van der Waals surface area contributed by atoms with E-state index in [0.29, 0.717) is 0 Å². The summed E-state index contributed by atoms with van der Waals surface area (Å²) in [6.45, 7) is 0. The zero-order valence-corrected chi connectivity index (χ0v) is 5.76. The van der Waals surface area contributed by atoms with Crippen molar-refractivity contribution in [3.63, 3.8) is 0 Å². The van der Waals surface area contributed by atoms with Gasteiger partial charge in [-0.1, -0.05) is 15.9 Å². The lowest BCUT2D eigenvalue weighted by Gasteiger charge is -2.09. The Morgan fingerprint density at radius 3 is 2.88 bits per heavy atom. The van der Waals surface area contributed by atoms with Crippen molar-refractivity contribution >= 4 is 15.9 Å². The second-order valence-electron chi connectivity index (χ2n) is 1.45. The van der Waals surface area contributed by atoms with Crippen molar-refractivity contribution < 1.29 is 4.74 Å². The molecule has 44 valence electrons. The predicted molar refractivity (Wildman–Crippen MR) is 35.2 cm³/mol. The average Bonchev–Trinajstić information content (AvgIpc) is 1.64. The van der Waals surface area contributed by atoms with Gasteiger partial charge in [0.15, 0.2) is 6.23 Å². The van der Waals surface area contributed by atoms with E-state index >= 15 is 0 Å². The molecular weight excluding hydrogens is 170 g/mol. The Labute approximate surface area is 56.1 Å². The molecule has 0 saturated carbocycles. The highest BCUT2D eigenvalue weighted by atomic mass is 79.9. The number of nitrogens with two attached hydrogens (primary N) is 1. The summed E-state index contributed by atoms with van der Waals surface area (Å²) in [5.41, 5.74) is 5.35. The van der Waals surface area contributed by atoms with E-state index in [1.54, 1.807) is 18.4 Å². The van der Waals surface area contributed by atoms with Crippen LogP contribution < -0.4 is 5.73 Å². The zero-order chi connectivity index (χ0) is 5.98. The molecule has 8 heavy (non-hydrogen) atoms. The van der Waals surface area contributed by atoms with Gasteiger partial charge in [-0.15, -0.1) is 0 Å². The highest BCUT2D eigenvalue weighted by Gasteiger charge is 1.99. The topological polar surface area (TPSA) is 35.2 Å². The Kier molecular flexibility index (Phi) is 1.70. The maximum atomic E-state index is 5.35. The summed E-state index contributed by atoms with van der Waals surface area (Å²) in [4.78, 5) is 0. The maximum absolute atomic E-state index is 5.35. The summed E-state index contributed by atoms with van der Waals surface area (Å²) in [6, 6.07) is 0. The van der Waals surface area contributed by atoms with Crippen LogP contribution in [0, 0.1) is 0 Å². The quantitative estimate of drug-likeness (QED) is 0.599. The van der Waals surface area contributed by atoms with Gasteiger partial charge in [0.25, 0.3) is 0 Å². The highest BCUT2D eigenvalue weighted by Crippen LogP contribution is 2.11. The van der Waals surface area contributed by atoms with E-state index < -0.39 is 0 Å². The molecule has 0 aliphatic carbocycles. The van der Waals surface area contributed by atoms with Crippen LogP contribution in [-0.4, -0.2) is 6.23 Å². The highest BCUT2D eigenvalue weighted by molar-refractivity contribution is 9.11. The van der Waals surface area contributed by atoms with Gasteiger partial charge in [0, 0.05) is 4.48 Å². The van der Waals surface area contributed by atoms with Crippen molar-refractivity contribution in [3.8, 4) is 0 Å². The molecule has 1 unspecified atom stereocenters. The lowest BCUT2D eigenvalue weighted by atomic mass is 10.4. The van der Waals surface area contributed by atoms with Gasteiger partial charge in [-0.25, -0.2) is 0 Å². The fourth-order valence-electron chi connectivity index (χ4n) is 0.447. The molecule has 0 spiro atoms. The van der Waals surface area contributed by atoms with Crippen molar-refractivity contribution in [2.75, 3.05) is 0 Å². The van der Waals surface area contributed by atoms with E-state index in [1.165, 1.54) is 0 Å². The van der Waals surface area contributed by atoms with Crippen molar-refractivity contribution in [2.45, 2.75) is 6.23 Å². The Hall–Kier alpha value is -0.280. The largest absolute Gasteiger partial charge is 0.480 e. The SMILES string of the molecule is NC1C=C(Br)C=CO1. The third-order valence-electron chi connectivity index (χ3n) is 0.786. The Bertz CT molecular complexity index is 141. The number of hydrogen-bond donors (Lipinski definition) is 1. The van der Waals surface area contributed by atoms with Crippen LogP contribution in [0.2, 0.25) is 0 Å². The van der Waals surface area contributed by atoms with E-state index in [-0.39, 0.29) is 6.23 Å². The van der Waals surface area contributed by atoms with Crippen molar-refractivity contribution in [1.82, 2.24) is 0 Å². The molecule has 2 nitrogen and oxygen atoms in total. The van der Waals surface area contributed by atoms with Crippen LogP contribution in [0.4, 0.5) is 0 Å². The zero-order valence-electron chi connectivity index (χ0n) is 4.17. The van der Waals surface area contributed by atoms with Crippen molar-refractivity contribution in [3.05, 3.63) is 22.9 Å². The summed E-state index contributed by atoms with van der Waals surface area (Å²) in [7, 11) is 0. The molecule has 2 N–H and O–H groups in total. The molecule has 1 aliphatic rings. The molecular formula is C5H6BrNO. The number of rotatable bonds is 0. The minimum Gasteiger partial charge on any atom is -0.480 e. The van der Waals surface area contributed by atoms with Gasteiger partial charge in [-0.2, -0.15) is 0 Å². The normalized spacial score (nSPS) is 26.8. The van der Waals surface area contributed by atoms with Gasteiger partial charge in [0.1, 0.15) is 0 Å². The number of allylic oxidation sites excluding steroid dienone is 2. The second-order valence-corrected chi connectivity index (χ2v) is 2.37. The monoisotopic (exact) mass is 175 g/mol. The Morgan fingerprint density at radius 1 is 1.75 bits per heavy atom. The third kappa shape index (κ3) is 1.35. The number of ether oxygens (including phenoxy) is 1. The van der Waals surface area contributed by atoms with Crippen LogP contribution in [-0.2, 0) is 4.74 Å². The Morgan fingerprint density at radius 2 is 2.50 bits per heavy atom. The summed E-state index contributed by atoms with van der Waals surface area (Å²) in [6.07, 6.45) is 4.85. The van der Waals surface area contributed by atoms with Gasteiger partial charge in [-0.05, 0) is 12.2 Å². The minimum atomic E-state index is -0.283. The molecule has 0 aromatic heterocycles. The van der Waals surface area contributed by atoms with Crippen LogP contribution in [0.5, 0.6) is 0 Å². The van der Waals surface area contributed by atoms with E-state index in [4.69, 9.17) is 10.5 Å². The molecule has 0 aromatic rings. The molecule has 1 atom stereocenters. The third-order valence-corrected chi connectivity index (χ3v) is 1.32. The summed E-state index contributed by atoms with van der Waals surface area (Å²) >= 11 is 3.24. The fraction of sp³-hybridized carbons (Fsp3) is 0.200. The van der Waals surface area contributed by atoms with Crippen LogP contribution in [0.15, 0.2) is 22.9 Å². The maximum Gasteiger partial charge on any atom is 0.167 e. The van der Waals surface area contributed by atoms with Crippen LogP contribution in [0.1, 0.15) is 0 Å². The van der Waals surface area contributed by atoms with Crippen molar-refractivity contribution in [1.29, 1.82) is 0 Å². The molecule has 0 aromatic carbocycles. The standard InChI is InChI=1S/C5H6BrNO/c6-4-1-2-8-5(7)3-4/h1-3,5H,7H2. The lowest BCUT2D eigenvalue weighted by Crippen LogP contribution is -2.19. The van der Waals surface area contributed by atoms with E-state index in [2.05, 4.69) is 15.9 Å². The predicted octanol–water partition coefficient (Wildman–Crippen LogP) is 1.09. The lowest BCUT2D eigenvalue weighted by molar-refractivity contribution is 0.189.